The zero-order valence-electron chi connectivity index (χ0n) is 9.97. The molecule has 0 amide bonds. The topological polar surface area (TPSA) is 45.8 Å². The van der Waals surface area contributed by atoms with Crippen molar-refractivity contribution in [3.05, 3.63) is 64.6 Å². The van der Waals surface area contributed by atoms with Gasteiger partial charge in [0, 0.05) is 17.1 Å². The van der Waals surface area contributed by atoms with Crippen LogP contribution in [0.3, 0.4) is 0 Å². The summed E-state index contributed by atoms with van der Waals surface area (Å²) < 4.78 is 0. The summed E-state index contributed by atoms with van der Waals surface area (Å²) in [5.74, 6) is 0. The van der Waals surface area contributed by atoms with Crippen LogP contribution in [0.4, 0.5) is 0 Å². The summed E-state index contributed by atoms with van der Waals surface area (Å²) in [5.41, 5.74) is 3.44. The van der Waals surface area contributed by atoms with E-state index in [-0.39, 0.29) is 5.43 Å². The fraction of sp³-hybridized carbons (Fsp3) is 0.0667. The Balaban J connectivity index is 2.38. The highest BCUT2D eigenvalue weighted by atomic mass is 16.1. The summed E-state index contributed by atoms with van der Waals surface area (Å²) in [6, 6.07) is 11.6. The average molecular weight is 236 g/mol. The summed E-state index contributed by atoms with van der Waals surface area (Å²) in [7, 11) is 0. The van der Waals surface area contributed by atoms with E-state index in [9.17, 15) is 4.79 Å². The maximum atomic E-state index is 12.3. The first-order valence-electron chi connectivity index (χ1n) is 5.79. The molecule has 0 saturated carbocycles. The Labute approximate surface area is 104 Å². The van der Waals surface area contributed by atoms with Crippen molar-refractivity contribution in [1.82, 2.24) is 9.97 Å². The van der Waals surface area contributed by atoms with Crippen LogP contribution in [0.1, 0.15) is 5.56 Å². The third-order valence-electron chi connectivity index (χ3n) is 3.10. The minimum absolute atomic E-state index is 0.0602. The molecule has 2 heterocycles. The molecule has 1 N–H and O–H groups in total. The van der Waals surface area contributed by atoms with Gasteiger partial charge in [-0.25, -0.2) is 0 Å². The Hall–Kier alpha value is -2.42. The molecule has 0 spiro atoms. The Morgan fingerprint density at radius 2 is 1.89 bits per heavy atom. The van der Waals surface area contributed by atoms with Gasteiger partial charge in [-0.1, -0.05) is 30.3 Å². The van der Waals surface area contributed by atoms with Crippen molar-refractivity contribution in [3.8, 4) is 11.3 Å². The standard InChI is InChI=1S/C15H12N2O/c1-10-14(11-5-3-2-4-6-11)17-13-9-16-8-7-12(13)15(10)18/h2-9H,1H3,(H,17,18). The number of aromatic amines is 1. The molecule has 1 aromatic carbocycles. The molecule has 3 rings (SSSR count). The highest BCUT2D eigenvalue weighted by molar-refractivity contribution is 5.82. The number of hydrogen-bond acceptors (Lipinski definition) is 2. The van der Waals surface area contributed by atoms with Crippen molar-refractivity contribution >= 4 is 10.9 Å². The first kappa shape index (κ1) is 10.7. The second-order valence-electron chi connectivity index (χ2n) is 4.24. The monoisotopic (exact) mass is 236 g/mol. The third kappa shape index (κ3) is 1.61. The molecule has 2 aromatic heterocycles. The molecule has 18 heavy (non-hydrogen) atoms. The van der Waals surface area contributed by atoms with E-state index in [1.165, 1.54) is 0 Å². The van der Waals surface area contributed by atoms with E-state index >= 15 is 0 Å². The molecule has 3 heteroatoms. The number of nitrogens with zero attached hydrogens (tertiary/aromatic N) is 1. The van der Waals surface area contributed by atoms with Gasteiger partial charge >= 0.3 is 0 Å². The van der Waals surface area contributed by atoms with E-state index in [2.05, 4.69) is 9.97 Å². The predicted octanol–water partition coefficient (Wildman–Crippen LogP) is 2.90. The fourth-order valence-electron chi connectivity index (χ4n) is 2.13. The Morgan fingerprint density at radius 1 is 1.11 bits per heavy atom. The fourth-order valence-corrected chi connectivity index (χ4v) is 2.13. The van der Waals surface area contributed by atoms with Gasteiger partial charge in [-0.05, 0) is 18.6 Å². The molecular weight excluding hydrogens is 224 g/mol. The smallest absolute Gasteiger partial charge is 0.193 e. The van der Waals surface area contributed by atoms with Crippen molar-refractivity contribution in [2.24, 2.45) is 0 Å². The largest absolute Gasteiger partial charge is 0.353 e. The molecule has 0 aliphatic heterocycles. The van der Waals surface area contributed by atoms with E-state index in [0.717, 1.165) is 22.3 Å². The molecule has 0 atom stereocenters. The maximum absolute atomic E-state index is 12.3. The Bertz CT molecular complexity index is 760. The lowest BCUT2D eigenvalue weighted by Gasteiger charge is -2.08. The zero-order valence-corrected chi connectivity index (χ0v) is 9.97. The molecule has 0 saturated heterocycles. The lowest BCUT2D eigenvalue weighted by atomic mass is 10.0. The van der Waals surface area contributed by atoms with E-state index < -0.39 is 0 Å². The van der Waals surface area contributed by atoms with Crippen molar-refractivity contribution in [1.29, 1.82) is 0 Å². The van der Waals surface area contributed by atoms with Crippen LogP contribution in [0.15, 0.2) is 53.6 Å². The average Bonchev–Trinajstić information content (AvgIpc) is 2.44. The molecule has 0 aliphatic rings. The van der Waals surface area contributed by atoms with Gasteiger partial charge in [-0.2, -0.15) is 0 Å². The molecule has 0 radical (unpaired) electrons. The quantitative estimate of drug-likeness (QED) is 0.706. The predicted molar refractivity (Wildman–Crippen MR) is 72.5 cm³/mol. The number of H-pyrrole nitrogens is 1. The molecule has 3 aromatic rings. The Kier molecular flexibility index (Phi) is 2.45. The van der Waals surface area contributed by atoms with Gasteiger partial charge < -0.3 is 4.98 Å². The molecule has 0 unspecified atom stereocenters. The van der Waals surface area contributed by atoms with E-state index in [1.54, 1.807) is 18.5 Å². The molecule has 0 bridgehead atoms. The number of benzene rings is 1. The highest BCUT2D eigenvalue weighted by Crippen LogP contribution is 2.20. The zero-order chi connectivity index (χ0) is 12.5. The number of fused-ring (bicyclic) bond motifs is 1. The van der Waals surface area contributed by atoms with Crippen LogP contribution < -0.4 is 5.43 Å². The van der Waals surface area contributed by atoms with Crippen LogP contribution in [0, 0.1) is 6.92 Å². The maximum Gasteiger partial charge on any atom is 0.193 e. The van der Waals surface area contributed by atoms with Gasteiger partial charge in [0.25, 0.3) is 0 Å². The van der Waals surface area contributed by atoms with Gasteiger partial charge in [0.1, 0.15) is 0 Å². The summed E-state index contributed by atoms with van der Waals surface area (Å²) in [4.78, 5) is 19.6. The molecule has 0 aliphatic carbocycles. The van der Waals surface area contributed by atoms with Crippen LogP contribution in [0.25, 0.3) is 22.2 Å². The van der Waals surface area contributed by atoms with Crippen molar-refractivity contribution in [2.75, 3.05) is 0 Å². The number of rotatable bonds is 1. The lowest BCUT2D eigenvalue weighted by molar-refractivity contribution is 1.26. The molecule has 3 nitrogen and oxygen atoms in total. The SMILES string of the molecule is Cc1c(-c2ccccc2)[nH]c2cnccc2c1=O. The van der Waals surface area contributed by atoms with Crippen LogP contribution in [-0.4, -0.2) is 9.97 Å². The minimum atomic E-state index is 0.0602. The van der Waals surface area contributed by atoms with Crippen LogP contribution in [0.5, 0.6) is 0 Å². The molecule has 88 valence electrons. The second-order valence-corrected chi connectivity index (χ2v) is 4.24. The number of pyridine rings is 2. The summed E-state index contributed by atoms with van der Waals surface area (Å²) in [6.45, 7) is 1.85. The first-order valence-corrected chi connectivity index (χ1v) is 5.79. The van der Waals surface area contributed by atoms with Gasteiger partial charge in [0.15, 0.2) is 5.43 Å². The number of nitrogens with one attached hydrogen (secondary N) is 1. The normalized spacial score (nSPS) is 10.7. The highest BCUT2D eigenvalue weighted by Gasteiger charge is 2.09. The van der Waals surface area contributed by atoms with Gasteiger partial charge in [-0.15, -0.1) is 0 Å². The van der Waals surface area contributed by atoms with Crippen molar-refractivity contribution < 1.29 is 0 Å². The van der Waals surface area contributed by atoms with E-state index in [1.807, 2.05) is 37.3 Å². The number of aromatic nitrogens is 2. The third-order valence-corrected chi connectivity index (χ3v) is 3.10. The minimum Gasteiger partial charge on any atom is -0.353 e. The number of hydrogen-bond donors (Lipinski definition) is 1. The first-order chi connectivity index (χ1) is 8.77. The van der Waals surface area contributed by atoms with Crippen molar-refractivity contribution in [2.45, 2.75) is 6.92 Å². The van der Waals surface area contributed by atoms with Gasteiger partial charge in [0.2, 0.25) is 0 Å². The summed E-state index contributed by atoms with van der Waals surface area (Å²) in [5, 5.41) is 0.683. The van der Waals surface area contributed by atoms with E-state index in [4.69, 9.17) is 0 Å². The van der Waals surface area contributed by atoms with Gasteiger partial charge in [0.05, 0.1) is 17.4 Å². The summed E-state index contributed by atoms with van der Waals surface area (Å²) >= 11 is 0. The molecular formula is C15H12N2O. The second kappa shape index (κ2) is 4.11. The van der Waals surface area contributed by atoms with Crippen LogP contribution in [-0.2, 0) is 0 Å². The summed E-state index contributed by atoms with van der Waals surface area (Å²) in [6.07, 6.45) is 3.32. The molecule has 0 fully saturated rings. The van der Waals surface area contributed by atoms with Crippen LogP contribution in [0.2, 0.25) is 0 Å². The van der Waals surface area contributed by atoms with Crippen molar-refractivity contribution in [3.63, 3.8) is 0 Å². The van der Waals surface area contributed by atoms with E-state index in [0.29, 0.717) is 5.39 Å². The van der Waals surface area contributed by atoms with Crippen LogP contribution >= 0.6 is 0 Å². The Morgan fingerprint density at radius 3 is 2.67 bits per heavy atom. The lowest BCUT2D eigenvalue weighted by Crippen LogP contribution is -2.09. The van der Waals surface area contributed by atoms with Gasteiger partial charge in [-0.3, -0.25) is 9.78 Å².